The lowest BCUT2D eigenvalue weighted by atomic mass is 9.87. The Morgan fingerprint density at radius 1 is 1.03 bits per heavy atom. The molecule has 1 saturated carbocycles. The highest BCUT2D eigenvalue weighted by atomic mass is 16.5. The Labute approximate surface area is 197 Å². The number of carbonyl (C=O) groups excluding carboxylic acids is 1. The number of ether oxygens (including phenoxy) is 2. The van der Waals surface area contributed by atoms with Gasteiger partial charge in [0.2, 0.25) is 5.91 Å². The maximum Gasteiger partial charge on any atom is 0.247 e. The first-order valence-corrected chi connectivity index (χ1v) is 12.3. The van der Waals surface area contributed by atoms with Crippen LogP contribution in [-0.4, -0.2) is 38.8 Å². The highest BCUT2D eigenvalue weighted by Crippen LogP contribution is 2.36. The largest absolute Gasteiger partial charge is 0.493 e. The molecule has 0 radical (unpaired) electrons. The van der Waals surface area contributed by atoms with Gasteiger partial charge in [-0.25, -0.2) is 0 Å². The molecule has 2 fully saturated rings. The Balaban J connectivity index is 1.51. The summed E-state index contributed by atoms with van der Waals surface area (Å²) < 4.78 is 11.8. The molecule has 1 aliphatic heterocycles. The Morgan fingerprint density at radius 3 is 2.42 bits per heavy atom. The normalized spacial score (nSPS) is 20.0. The molecular formula is C28H36N2O3. The van der Waals surface area contributed by atoms with Gasteiger partial charge in [-0.2, -0.15) is 0 Å². The third-order valence-corrected chi connectivity index (χ3v) is 6.88. The zero-order chi connectivity index (χ0) is 23.2. The van der Waals surface area contributed by atoms with Gasteiger partial charge in [0, 0.05) is 36.8 Å². The number of anilines is 1. The number of hydrogen-bond acceptors (Lipinski definition) is 4. The van der Waals surface area contributed by atoms with Gasteiger partial charge in [0.1, 0.15) is 0 Å². The Bertz CT molecular complexity index is 973. The van der Waals surface area contributed by atoms with Crippen LogP contribution in [0.2, 0.25) is 0 Å². The standard InChI is InChI=1S/C28H36N2O3/c1-4-30(5-2)24-13-10-20(11-14-24)16-22-17-23(19-29-28(22)31)21-12-15-26(32-3)27(18-21)33-25-8-6-7-9-25/h10-16,18,23,25H,4-9,17,19H2,1-3H3,(H,29,31). The molecule has 1 N–H and O–H groups in total. The lowest BCUT2D eigenvalue weighted by molar-refractivity contribution is -0.118. The summed E-state index contributed by atoms with van der Waals surface area (Å²) in [5.74, 6) is 1.82. The fourth-order valence-electron chi connectivity index (χ4n) is 4.92. The van der Waals surface area contributed by atoms with E-state index in [9.17, 15) is 4.79 Å². The van der Waals surface area contributed by atoms with Crippen molar-refractivity contribution in [2.75, 3.05) is 31.6 Å². The molecule has 2 aliphatic rings. The van der Waals surface area contributed by atoms with Crippen molar-refractivity contribution in [2.45, 2.75) is 58.0 Å². The van der Waals surface area contributed by atoms with Crippen molar-refractivity contribution >= 4 is 17.7 Å². The minimum absolute atomic E-state index is 0.0232. The van der Waals surface area contributed by atoms with Gasteiger partial charge in [-0.15, -0.1) is 0 Å². The van der Waals surface area contributed by atoms with Gasteiger partial charge in [-0.1, -0.05) is 18.2 Å². The fourth-order valence-corrected chi connectivity index (χ4v) is 4.92. The zero-order valence-corrected chi connectivity index (χ0v) is 20.1. The molecule has 1 heterocycles. The number of nitrogens with zero attached hydrogens (tertiary/aromatic N) is 1. The second-order valence-electron chi connectivity index (χ2n) is 8.98. The lowest BCUT2D eigenvalue weighted by Gasteiger charge is -2.26. The van der Waals surface area contributed by atoms with E-state index < -0.39 is 0 Å². The van der Waals surface area contributed by atoms with E-state index in [0.717, 1.165) is 48.6 Å². The van der Waals surface area contributed by atoms with Gasteiger partial charge in [0.25, 0.3) is 0 Å². The number of methoxy groups -OCH3 is 1. The molecule has 0 bridgehead atoms. The molecule has 1 amide bonds. The minimum atomic E-state index is 0.0232. The first-order valence-electron chi connectivity index (χ1n) is 12.3. The minimum Gasteiger partial charge on any atom is -0.493 e. The van der Waals surface area contributed by atoms with Gasteiger partial charge < -0.3 is 19.7 Å². The molecule has 1 saturated heterocycles. The smallest absolute Gasteiger partial charge is 0.247 e. The first kappa shape index (κ1) is 23.2. The van der Waals surface area contributed by atoms with Crippen LogP contribution in [0, 0.1) is 0 Å². The second kappa shape index (κ2) is 10.8. The molecule has 1 atom stereocenters. The number of carbonyl (C=O) groups is 1. The molecule has 176 valence electrons. The Kier molecular flexibility index (Phi) is 7.58. The van der Waals surface area contributed by atoms with Crippen molar-refractivity contribution in [1.82, 2.24) is 5.32 Å². The number of amides is 1. The molecule has 0 spiro atoms. The van der Waals surface area contributed by atoms with Gasteiger partial charge in [0.05, 0.1) is 13.2 Å². The average molecular weight is 449 g/mol. The molecule has 5 nitrogen and oxygen atoms in total. The van der Waals surface area contributed by atoms with E-state index in [-0.39, 0.29) is 17.9 Å². The predicted octanol–water partition coefficient (Wildman–Crippen LogP) is 5.55. The monoisotopic (exact) mass is 448 g/mol. The van der Waals surface area contributed by atoms with Gasteiger partial charge in [-0.05, 0) is 87.4 Å². The second-order valence-corrected chi connectivity index (χ2v) is 8.98. The summed E-state index contributed by atoms with van der Waals surface area (Å²) in [5.41, 5.74) is 4.25. The summed E-state index contributed by atoms with van der Waals surface area (Å²) >= 11 is 0. The molecule has 2 aromatic rings. The van der Waals surface area contributed by atoms with E-state index in [4.69, 9.17) is 9.47 Å². The highest BCUT2D eigenvalue weighted by molar-refractivity contribution is 5.98. The molecule has 2 aromatic carbocycles. The topological polar surface area (TPSA) is 50.8 Å². The van der Waals surface area contributed by atoms with E-state index in [1.807, 2.05) is 12.1 Å². The summed E-state index contributed by atoms with van der Waals surface area (Å²) in [5, 5.41) is 3.08. The van der Waals surface area contributed by atoms with E-state index in [1.54, 1.807) is 7.11 Å². The summed E-state index contributed by atoms with van der Waals surface area (Å²) in [6.45, 7) is 6.92. The van der Waals surface area contributed by atoms with Gasteiger partial charge >= 0.3 is 0 Å². The molecule has 1 unspecified atom stereocenters. The molecule has 1 aliphatic carbocycles. The van der Waals surface area contributed by atoms with Crippen molar-refractivity contribution in [3.63, 3.8) is 0 Å². The van der Waals surface area contributed by atoms with E-state index in [2.05, 4.69) is 60.5 Å². The van der Waals surface area contributed by atoms with Gasteiger partial charge in [0.15, 0.2) is 11.5 Å². The van der Waals surface area contributed by atoms with Crippen LogP contribution in [0.1, 0.15) is 63.0 Å². The number of benzene rings is 2. The van der Waals surface area contributed by atoms with Crippen molar-refractivity contribution in [3.8, 4) is 11.5 Å². The van der Waals surface area contributed by atoms with Crippen LogP contribution in [-0.2, 0) is 4.79 Å². The summed E-state index contributed by atoms with van der Waals surface area (Å²) in [4.78, 5) is 14.9. The summed E-state index contributed by atoms with van der Waals surface area (Å²) in [7, 11) is 1.68. The van der Waals surface area contributed by atoms with E-state index in [0.29, 0.717) is 13.0 Å². The molecule has 0 aromatic heterocycles. The van der Waals surface area contributed by atoms with Crippen LogP contribution in [0.5, 0.6) is 11.5 Å². The van der Waals surface area contributed by atoms with Crippen LogP contribution in [0.15, 0.2) is 48.0 Å². The number of rotatable bonds is 8. The van der Waals surface area contributed by atoms with Crippen LogP contribution in [0.4, 0.5) is 5.69 Å². The maximum atomic E-state index is 12.6. The molecule has 4 rings (SSSR count). The first-order chi connectivity index (χ1) is 16.1. The summed E-state index contributed by atoms with van der Waals surface area (Å²) in [6.07, 6.45) is 7.66. The molecular weight excluding hydrogens is 412 g/mol. The predicted molar refractivity (Wildman–Crippen MR) is 134 cm³/mol. The third kappa shape index (κ3) is 5.52. The van der Waals surface area contributed by atoms with Crippen LogP contribution in [0.25, 0.3) is 6.08 Å². The van der Waals surface area contributed by atoms with Gasteiger partial charge in [-0.3, -0.25) is 4.79 Å². The Morgan fingerprint density at radius 2 is 1.76 bits per heavy atom. The molecule has 33 heavy (non-hydrogen) atoms. The van der Waals surface area contributed by atoms with Crippen LogP contribution in [0.3, 0.4) is 0 Å². The van der Waals surface area contributed by atoms with E-state index >= 15 is 0 Å². The Hall–Kier alpha value is -2.95. The zero-order valence-electron chi connectivity index (χ0n) is 20.1. The highest BCUT2D eigenvalue weighted by Gasteiger charge is 2.26. The van der Waals surface area contributed by atoms with Crippen LogP contribution >= 0.6 is 0 Å². The summed E-state index contributed by atoms with van der Waals surface area (Å²) in [6, 6.07) is 14.7. The quantitative estimate of drug-likeness (QED) is 0.538. The fraction of sp³-hybridized carbons (Fsp3) is 0.464. The molecule has 5 heteroatoms. The SMILES string of the molecule is CCN(CC)c1ccc(C=C2CC(c3ccc(OC)c(OC4CCCC4)c3)CNC2=O)cc1. The third-order valence-electron chi connectivity index (χ3n) is 6.88. The van der Waals surface area contributed by atoms with Crippen molar-refractivity contribution < 1.29 is 14.3 Å². The van der Waals surface area contributed by atoms with Crippen molar-refractivity contribution in [1.29, 1.82) is 0 Å². The lowest BCUT2D eigenvalue weighted by Crippen LogP contribution is -2.35. The van der Waals surface area contributed by atoms with Crippen molar-refractivity contribution in [3.05, 3.63) is 59.2 Å². The number of piperidine rings is 1. The maximum absolute atomic E-state index is 12.6. The number of hydrogen-bond donors (Lipinski definition) is 1. The van der Waals surface area contributed by atoms with Crippen LogP contribution < -0.4 is 19.7 Å². The van der Waals surface area contributed by atoms with Crippen molar-refractivity contribution in [2.24, 2.45) is 0 Å². The average Bonchev–Trinajstić information content (AvgIpc) is 3.35. The van der Waals surface area contributed by atoms with E-state index in [1.165, 1.54) is 24.1 Å². The number of nitrogens with one attached hydrogen (secondary N) is 1.